The molecule has 1 N–H and O–H groups in total. The Morgan fingerprint density at radius 3 is 2.24 bits per heavy atom. The van der Waals surface area contributed by atoms with E-state index in [-0.39, 0.29) is 12.5 Å². The maximum Gasteiger partial charge on any atom is 0.0512 e. The van der Waals surface area contributed by atoms with Crippen molar-refractivity contribution in [3.05, 3.63) is 35.9 Å². The molecular formula is C15H23NO. The fraction of sp³-hybridized carbons (Fsp3) is 0.600. The zero-order valence-electron chi connectivity index (χ0n) is 10.5. The van der Waals surface area contributed by atoms with E-state index in [1.165, 1.54) is 44.3 Å². The molecule has 0 radical (unpaired) electrons. The molecule has 0 spiro atoms. The van der Waals surface area contributed by atoms with Gasteiger partial charge in [-0.05, 0) is 31.5 Å². The lowest BCUT2D eigenvalue weighted by Gasteiger charge is -2.25. The van der Waals surface area contributed by atoms with Gasteiger partial charge in [0.05, 0.1) is 6.61 Å². The molecule has 1 fully saturated rings. The van der Waals surface area contributed by atoms with Gasteiger partial charge in [-0.2, -0.15) is 0 Å². The molecule has 1 aromatic carbocycles. The van der Waals surface area contributed by atoms with Gasteiger partial charge in [0.15, 0.2) is 0 Å². The summed E-state index contributed by atoms with van der Waals surface area (Å²) in [4.78, 5) is 2.51. The highest BCUT2D eigenvalue weighted by atomic mass is 16.3. The summed E-state index contributed by atoms with van der Waals surface area (Å²) in [6, 6.07) is 10.4. The Morgan fingerprint density at radius 2 is 1.65 bits per heavy atom. The quantitative estimate of drug-likeness (QED) is 0.864. The van der Waals surface area contributed by atoms with E-state index in [2.05, 4.69) is 29.2 Å². The molecule has 2 nitrogen and oxygen atoms in total. The van der Waals surface area contributed by atoms with Crippen LogP contribution in [-0.2, 0) is 0 Å². The zero-order chi connectivity index (χ0) is 11.9. The number of nitrogens with zero attached hydrogens (tertiary/aromatic N) is 1. The Morgan fingerprint density at radius 1 is 1.00 bits per heavy atom. The van der Waals surface area contributed by atoms with Crippen molar-refractivity contribution in [2.45, 2.75) is 31.6 Å². The largest absolute Gasteiger partial charge is 0.396 e. The van der Waals surface area contributed by atoms with E-state index in [9.17, 15) is 5.11 Å². The molecule has 1 aromatic rings. The monoisotopic (exact) mass is 233 g/mol. The van der Waals surface area contributed by atoms with Crippen LogP contribution in [0.15, 0.2) is 30.3 Å². The van der Waals surface area contributed by atoms with Crippen LogP contribution in [0, 0.1) is 0 Å². The molecule has 0 aromatic heterocycles. The molecule has 1 aliphatic heterocycles. The van der Waals surface area contributed by atoms with Gasteiger partial charge in [-0.25, -0.2) is 0 Å². The molecule has 0 amide bonds. The van der Waals surface area contributed by atoms with Crippen LogP contribution in [0.5, 0.6) is 0 Å². The summed E-state index contributed by atoms with van der Waals surface area (Å²) in [6.45, 7) is 3.65. The zero-order valence-corrected chi connectivity index (χ0v) is 10.5. The molecule has 2 rings (SSSR count). The Kier molecular flexibility index (Phi) is 5.02. The lowest BCUT2D eigenvalue weighted by molar-refractivity contribution is 0.204. The van der Waals surface area contributed by atoms with Crippen LogP contribution < -0.4 is 0 Å². The lowest BCUT2D eigenvalue weighted by Crippen LogP contribution is -2.30. The number of aliphatic hydroxyl groups is 1. The average Bonchev–Trinajstić information content (AvgIpc) is 2.65. The van der Waals surface area contributed by atoms with Crippen molar-refractivity contribution >= 4 is 0 Å². The minimum Gasteiger partial charge on any atom is -0.396 e. The second-order valence-electron chi connectivity index (χ2n) is 5.01. The van der Waals surface area contributed by atoms with Crippen molar-refractivity contribution in [1.29, 1.82) is 0 Å². The molecule has 1 unspecified atom stereocenters. The summed E-state index contributed by atoms with van der Waals surface area (Å²) in [5, 5.41) is 9.55. The van der Waals surface area contributed by atoms with E-state index in [0.717, 1.165) is 6.54 Å². The summed E-state index contributed by atoms with van der Waals surface area (Å²) in [7, 11) is 0. The molecule has 1 heterocycles. The number of likely N-dealkylation sites (tertiary alicyclic amines) is 1. The maximum atomic E-state index is 9.55. The first-order chi connectivity index (χ1) is 8.40. The molecule has 0 saturated carbocycles. The van der Waals surface area contributed by atoms with E-state index >= 15 is 0 Å². The number of rotatable bonds is 4. The van der Waals surface area contributed by atoms with Gasteiger partial charge in [-0.1, -0.05) is 43.2 Å². The second-order valence-corrected chi connectivity index (χ2v) is 5.01. The third-order valence-electron chi connectivity index (χ3n) is 3.67. The van der Waals surface area contributed by atoms with Crippen molar-refractivity contribution in [3.8, 4) is 0 Å². The van der Waals surface area contributed by atoms with Gasteiger partial charge in [0.2, 0.25) is 0 Å². The number of hydrogen-bond donors (Lipinski definition) is 1. The molecule has 94 valence electrons. The maximum absolute atomic E-state index is 9.55. The van der Waals surface area contributed by atoms with Crippen LogP contribution >= 0.6 is 0 Å². The van der Waals surface area contributed by atoms with Gasteiger partial charge in [0.25, 0.3) is 0 Å². The fourth-order valence-corrected chi connectivity index (χ4v) is 2.62. The van der Waals surface area contributed by atoms with Crippen LogP contribution in [0.1, 0.15) is 37.2 Å². The van der Waals surface area contributed by atoms with Crippen molar-refractivity contribution in [3.63, 3.8) is 0 Å². The lowest BCUT2D eigenvalue weighted by atomic mass is 9.99. The van der Waals surface area contributed by atoms with Gasteiger partial charge < -0.3 is 10.0 Å². The highest BCUT2D eigenvalue weighted by Crippen LogP contribution is 2.18. The standard InChI is InChI=1S/C15H23NO/c17-13-15(14-8-4-3-5-9-14)12-16-10-6-1-2-7-11-16/h3-5,8-9,15,17H,1-2,6-7,10-13H2. The Labute approximate surface area is 104 Å². The van der Waals surface area contributed by atoms with Crippen LogP contribution in [-0.4, -0.2) is 36.2 Å². The number of benzene rings is 1. The fourth-order valence-electron chi connectivity index (χ4n) is 2.62. The van der Waals surface area contributed by atoms with E-state index < -0.39 is 0 Å². The topological polar surface area (TPSA) is 23.5 Å². The normalized spacial score (nSPS) is 19.8. The molecule has 2 heteroatoms. The SMILES string of the molecule is OCC(CN1CCCCCC1)c1ccccc1. The van der Waals surface area contributed by atoms with Crippen molar-refractivity contribution in [1.82, 2.24) is 4.90 Å². The van der Waals surface area contributed by atoms with Crippen LogP contribution in [0.3, 0.4) is 0 Å². The summed E-state index contributed by atoms with van der Waals surface area (Å²) in [5.74, 6) is 0.272. The van der Waals surface area contributed by atoms with Gasteiger partial charge in [-0.3, -0.25) is 0 Å². The molecule has 0 bridgehead atoms. The predicted molar refractivity (Wildman–Crippen MR) is 71.2 cm³/mol. The third kappa shape index (κ3) is 3.83. The van der Waals surface area contributed by atoms with Crippen molar-refractivity contribution in [2.75, 3.05) is 26.2 Å². The minimum atomic E-state index is 0.251. The molecule has 1 aliphatic rings. The Hall–Kier alpha value is -0.860. The highest BCUT2D eigenvalue weighted by Gasteiger charge is 2.16. The van der Waals surface area contributed by atoms with E-state index in [4.69, 9.17) is 0 Å². The minimum absolute atomic E-state index is 0.251. The van der Waals surface area contributed by atoms with Gasteiger partial charge in [-0.15, -0.1) is 0 Å². The van der Waals surface area contributed by atoms with Crippen LogP contribution in [0.4, 0.5) is 0 Å². The second kappa shape index (κ2) is 6.77. The van der Waals surface area contributed by atoms with Gasteiger partial charge in [0, 0.05) is 12.5 Å². The average molecular weight is 233 g/mol. The van der Waals surface area contributed by atoms with E-state index in [1.807, 2.05) is 6.07 Å². The van der Waals surface area contributed by atoms with Crippen LogP contribution in [0.25, 0.3) is 0 Å². The summed E-state index contributed by atoms with van der Waals surface area (Å²) in [6.07, 6.45) is 5.36. The smallest absolute Gasteiger partial charge is 0.0512 e. The number of aliphatic hydroxyl groups excluding tert-OH is 1. The summed E-state index contributed by atoms with van der Waals surface area (Å²) < 4.78 is 0. The van der Waals surface area contributed by atoms with Crippen molar-refractivity contribution < 1.29 is 5.11 Å². The van der Waals surface area contributed by atoms with Gasteiger partial charge in [0.1, 0.15) is 0 Å². The summed E-state index contributed by atoms with van der Waals surface area (Å²) >= 11 is 0. The molecule has 17 heavy (non-hydrogen) atoms. The van der Waals surface area contributed by atoms with Crippen LogP contribution in [0.2, 0.25) is 0 Å². The molecule has 1 atom stereocenters. The van der Waals surface area contributed by atoms with E-state index in [0.29, 0.717) is 0 Å². The first-order valence-corrected chi connectivity index (χ1v) is 6.78. The molecule has 1 saturated heterocycles. The predicted octanol–water partition coefficient (Wildman–Crippen LogP) is 2.64. The number of hydrogen-bond acceptors (Lipinski definition) is 2. The third-order valence-corrected chi connectivity index (χ3v) is 3.67. The summed E-state index contributed by atoms with van der Waals surface area (Å²) in [5.41, 5.74) is 1.26. The first-order valence-electron chi connectivity index (χ1n) is 6.78. The van der Waals surface area contributed by atoms with Gasteiger partial charge >= 0.3 is 0 Å². The first kappa shape index (κ1) is 12.6. The molecular weight excluding hydrogens is 210 g/mol. The van der Waals surface area contributed by atoms with E-state index in [1.54, 1.807) is 0 Å². The molecule has 0 aliphatic carbocycles. The highest BCUT2D eigenvalue weighted by molar-refractivity contribution is 5.19. The Bertz CT molecular complexity index is 304. The van der Waals surface area contributed by atoms with Crippen molar-refractivity contribution in [2.24, 2.45) is 0 Å². The Balaban J connectivity index is 1.94.